The molecule has 0 aliphatic rings. The maximum atomic E-state index is 13.8. The van der Waals surface area contributed by atoms with Crippen LogP contribution in [0.4, 0.5) is 4.39 Å². The maximum absolute atomic E-state index is 13.8. The van der Waals surface area contributed by atoms with Gasteiger partial charge in [-0.2, -0.15) is 0 Å². The minimum absolute atomic E-state index is 0.226. The van der Waals surface area contributed by atoms with E-state index in [-0.39, 0.29) is 11.9 Å². The van der Waals surface area contributed by atoms with Gasteiger partial charge >= 0.3 is 0 Å². The van der Waals surface area contributed by atoms with Gasteiger partial charge in [-0.25, -0.2) is 4.39 Å². The quantitative estimate of drug-likeness (QED) is 0.725. The van der Waals surface area contributed by atoms with Crippen LogP contribution in [0.3, 0.4) is 0 Å². The van der Waals surface area contributed by atoms with Gasteiger partial charge in [0.2, 0.25) is 0 Å². The zero-order valence-electron chi connectivity index (χ0n) is 9.94. The van der Waals surface area contributed by atoms with Crippen LogP contribution in [0.25, 0.3) is 10.8 Å². The van der Waals surface area contributed by atoms with Gasteiger partial charge in [-0.05, 0) is 29.1 Å². The topological polar surface area (TPSA) is 26.0 Å². The highest BCUT2D eigenvalue weighted by Gasteiger charge is 2.15. The lowest BCUT2D eigenvalue weighted by atomic mass is 9.98. The third-order valence-corrected chi connectivity index (χ3v) is 4.45. The van der Waals surface area contributed by atoms with E-state index in [0.29, 0.717) is 9.72 Å². The standard InChI is InChI=1S/C15H11ClFNS/c16-14-8-7-13(19-14)15(18)11-5-6-12(17)10-4-2-1-3-9(10)11/h1-8,15H,18H2. The number of benzene rings is 2. The summed E-state index contributed by atoms with van der Waals surface area (Å²) in [7, 11) is 0. The van der Waals surface area contributed by atoms with Crippen LogP contribution >= 0.6 is 22.9 Å². The van der Waals surface area contributed by atoms with Crippen molar-refractivity contribution >= 4 is 33.7 Å². The summed E-state index contributed by atoms with van der Waals surface area (Å²) in [5.41, 5.74) is 7.19. The molecule has 0 saturated heterocycles. The van der Waals surface area contributed by atoms with Gasteiger partial charge < -0.3 is 5.73 Å². The summed E-state index contributed by atoms with van der Waals surface area (Å²) in [5.74, 6) is -0.226. The molecule has 0 amide bonds. The largest absolute Gasteiger partial charge is 0.320 e. The predicted octanol–water partition coefficient (Wildman–Crippen LogP) is 4.74. The fourth-order valence-electron chi connectivity index (χ4n) is 2.21. The van der Waals surface area contributed by atoms with Gasteiger partial charge in [0.05, 0.1) is 10.4 Å². The smallest absolute Gasteiger partial charge is 0.131 e. The molecule has 2 aromatic carbocycles. The Bertz CT molecular complexity index is 738. The summed E-state index contributed by atoms with van der Waals surface area (Å²) >= 11 is 7.39. The summed E-state index contributed by atoms with van der Waals surface area (Å²) in [6.45, 7) is 0. The van der Waals surface area contributed by atoms with Crippen molar-refractivity contribution < 1.29 is 4.39 Å². The third-order valence-electron chi connectivity index (χ3n) is 3.14. The molecule has 1 heterocycles. The van der Waals surface area contributed by atoms with E-state index in [1.54, 1.807) is 12.1 Å². The molecule has 0 aliphatic carbocycles. The summed E-state index contributed by atoms with van der Waals surface area (Å²) in [6.07, 6.45) is 0. The van der Waals surface area contributed by atoms with Gasteiger partial charge in [0, 0.05) is 10.3 Å². The Labute approximate surface area is 119 Å². The summed E-state index contributed by atoms with van der Waals surface area (Å²) < 4.78 is 14.5. The molecule has 96 valence electrons. The van der Waals surface area contributed by atoms with Crippen molar-refractivity contribution in [1.29, 1.82) is 0 Å². The Morgan fingerprint density at radius 2 is 1.74 bits per heavy atom. The molecule has 3 rings (SSSR count). The van der Waals surface area contributed by atoms with Crippen molar-refractivity contribution in [3.8, 4) is 0 Å². The highest BCUT2D eigenvalue weighted by atomic mass is 35.5. The van der Waals surface area contributed by atoms with Crippen LogP contribution in [0.15, 0.2) is 48.5 Å². The van der Waals surface area contributed by atoms with Crippen LogP contribution in [0.5, 0.6) is 0 Å². The van der Waals surface area contributed by atoms with Crippen molar-refractivity contribution in [2.45, 2.75) is 6.04 Å². The molecule has 0 spiro atoms. The Morgan fingerprint density at radius 1 is 1.00 bits per heavy atom. The summed E-state index contributed by atoms with van der Waals surface area (Å²) in [5, 5.41) is 1.44. The van der Waals surface area contributed by atoms with Crippen LogP contribution in [0.1, 0.15) is 16.5 Å². The fourth-order valence-corrected chi connectivity index (χ4v) is 3.29. The summed E-state index contributed by atoms with van der Waals surface area (Å²) in [6, 6.07) is 14.0. The number of hydrogen-bond acceptors (Lipinski definition) is 2. The van der Waals surface area contributed by atoms with E-state index in [1.165, 1.54) is 17.4 Å². The van der Waals surface area contributed by atoms with Crippen LogP contribution in [0.2, 0.25) is 4.34 Å². The van der Waals surface area contributed by atoms with Gasteiger partial charge in [-0.1, -0.05) is 41.9 Å². The second-order valence-electron chi connectivity index (χ2n) is 4.30. The second kappa shape index (κ2) is 4.93. The first kappa shape index (κ1) is 12.6. The molecule has 2 N–H and O–H groups in total. The van der Waals surface area contributed by atoms with E-state index in [0.717, 1.165) is 15.8 Å². The Hall–Kier alpha value is -1.42. The number of thiophene rings is 1. The summed E-state index contributed by atoms with van der Waals surface area (Å²) in [4.78, 5) is 0.974. The molecule has 0 fully saturated rings. The molecule has 1 nitrogen and oxygen atoms in total. The molecule has 0 radical (unpaired) electrons. The van der Waals surface area contributed by atoms with Gasteiger partial charge in [0.25, 0.3) is 0 Å². The first-order valence-corrected chi connectivity index (χ1v) is 7.04. The highest BCUT2D eigenvalue weighted by molar-refractivity contribution is 7.16. The average molecular weight is 292 g/mol. The highest BCUT2D eigenvalue weighted by Crippen LogP contribution is 2.33. The molecule has 19 heavy (non-hydrogen) atoms. The molecule has 4 heteroatoms. The average Bonchev–Trinajstić information content (AvgIpc) is 2.86. The fraction of sp³-hybridized carbons (Fsp3) is 0.0667. The van der Waals surface area contributed by atoms with Gasteiger partial charge in [0.1, 0.15) is 5.82 Å². The molecule has 0 aliphatic heterocycles. The number of hydrogen-bond donors (Lipinski definition) is 1. The van der Waals surface area contributed by atoms with Gasteiger partial charge in [-0.3, -0.25) is 0 Å². The van der Waals surface area contributed by atoms with E-state index in [1.807, 2.05) is 30.3 Å². The lowest BCUT2D eigenvalue weighted by molar-refractivity contribution is 0.639. The maximum Gasteiger partial charge on any atom is 0.131 e. The van der Waals surface area contributed by atoms with Crippen molar-refractivity contribution in [1.82, 2.24) is 0 Å². The normalized spacial score (nSPS) is 12.8. The van der Waals surface area contributed by atoms with E-state index in [4.69, 9.17) is 17.3 Å². The lowest BCUT2D eigenvalue weighted by Crippen LogP contribution is -2.10. The lowest BCUT2D eigenvalue weighted by Gasteiger charge is -2.13. The third kappa shape index (κ3) is 2.25. The van der Waals surface area contributed by atoms with Crippen LogP contribution in [-0.2, 0) is 0 Å². The van der Waals surface area contributed by atoms with E-state index in [2.05, 4.69) is 0 Å². The molecule has 3 aromatic rings. The SMILES string of the molecule is NC(c1ccc(Cl)s1)c1ccc(F)c2ccccc12. The van der Waals surface area contributed by atoms with Gasteiger partial charge in [-0.15, -0.1) is 11.3 Å². The molecule has 1 atom stereocenters. The number of fused-ring (bicyclic) bond motifs is 1. The van der Waals surface area contributed by atoms with E-state index in [9.17, 15) is 4.39 Å². The Morgan fingerprint density at radius 3 is 2.42 bits per heavy atom. The monoisotopic (exact) mass is 291 g/mol. The number of halogens is 2. The molecule has 0 bridgehead atoms. The van der Waals surface area contributed by atoms with Crippen LogP contribution in [0, 0.1) is 5.82 Å². The zero-order chi connectivity index (χ0) is 13.4. The second-order valence-corrected chi connectivity index (χ2v) is 6.05. The molecule has 1 aromatic heterocycles. The van der Waals surface area contributed by atoms with Crippen molar-refractivity contribution in [3.63, 3.8) is 0 Å². The van der Waals surface area contributed by atoms with Crippen molar-refractivity contribution in [2.24, 2.45) is 5.73 Å². The first-order chi connectivity index (χ1) is 9.16. The Balaban J connectivity index is 2.18. The van der Waals surface area contributed by atoms with E-state index >= 15 is 0 Å². The molecule has 0 saturated carbocycles. The number of rotatable bonds is 2. The first-order valence-electron chi connectivity index (χ1n) is 5.85. The Kier molecular flexibility index (Phi) is 3.27. The molecular weight excluding hydrogens is 281 g/mol. The minimum Gasteiger partial charge on any atom is -0.320 e. The van der Waals surface area contributed by atoms with Crippen LogP contribution < -0.4 is 5.73 Å². The van der Waals surface area contributed by atoms with E-state index < -0.39 is 0 Å². The van der Waals surface area contributed by atoms with Crippen molar-refractivity contribution in [3.05, 3.63) is 69.1 Å². The van der Waals surface area contributed by atoms with Crippen molar-refractivity contribution in [2.75, 3.05) is 0 Å². The molecular formula is C15H11ClFNS. The minimum atomic E-state index is -0.289. The van der Waals surface area contributed by atoms with Gasteiger partial charge in [0.15, 0.2) is 0 Å². The molecule has 1 unspecified atom stereocenters. The zero-order valence-corrected chi connectivity index (χ0v) is 11.5. The predicted molar refractivity (Wildman–Crippen MR) is 79.3 cm³/mol. The number of nitrogens with two attached hydrogens (primary N) is 1. The van der Waals surface area contributed by atoms with Crippen LogP contribution in [-0.4, -0.2) is 0 Å².